The van der Waals surface area contributed by atoms with Crippen molar-refractivity contribution in [1.82, 2.24) is 9.71 Å². The molecule has 0 saturated carbocycles. The fraction of sp³-hybridized carbons (Fsp3) is 0.357. The molecule has 2 heterocycles. The molecule has 0 spiro atoms. The Hall–Kier alpha value is -3.23. The molecule has 2 aromatic carbocycles. The first-order valence-corrected chi connectivity index (χ1v) is 13.0. The highest BCUT2D eigenvalue weighted by Gasteiger charge is 2.28. The van der Waals surface area contributed by atoms with E-state index in [0.29, 0.717) is 31.1 Å². The van der Waals surface area contributed by atoms with Gasteiger partial charge in [-0.2, -0.15) is 0 Å². The first kappa shape index (κ1) is 24.5. The minimum atomic E-state index is -0.768. The van der Waals surface area contributed by atoms with Crippen LogP contribution in [0.2, 0.25) is 0 Å². The van der Waals surface area contributed by atoms with Gasteiger partial charge in [0.05, 0.1) is 23.7 Å². The monoisotopic (exact) mass is 506 g/mol. The number of ether oxygens (including phenoxy) is 3. The Morgan fingerprint density at radius 2 is 1.92 bits per heavy atom. The summed E-state index contributed by atoms with van der Waals surface area (Å²) in [5.41, 5.74) is 2.64. The lowest BCUT2D eigenvalue weighted by Gasteiger charge is -2.17. The Bertz CT molecular complexity index is 1210. The minimum absolute atomic E-state index is 0.0387. The lowest BCUT2D eigenvalue weighted by atomic mass is 10.1. The Kier molecular flexibility index (Phi) is 7.07. The molecule has 0 bridgehead atoms. The zero-order chi connectivity index (χ0) is 25.1. The molecule has 3 aromatic rings. The molecule has 1 aliphatic heterocycles. The van der Waals surface area contributed by atoms with Gasteiger partial charge in [-0.3, -0.25) is 9.52 Å². The van der Waals surface area contributed by atoms with Gasteiger partial charge in [-0.25, -0.2) is 4.98 Å². The van der Waals surface area contributed by atoms with Crippen LogP contribution in [0.25, 0.3) is 0 Å². The molecule has 1 aliphatic carbocycles. The van der Waals surface area contributed by atoms with Crippen LogP contribution in [-0.2, 0) is 11.2 Å². The normalized spacial score (nSPS) is 19.0. The molecule has 0 radical (unpaired) electrons. The summed E-state index contributed by atoms with van der Waals surface area (Å²) in [7, 11) is 0. The third-order valence-corrected chi connectivity index (χ3v) is 7.36. The van der Waals surface area contributed by atoms with Gasteiger partial charge in [0.25, 0.3) is 0 Å². The molecule has 1 saturated heterocycles. The number of hydrogen-bond acceptors (Lipinski definition) is 7. The lowest BCUT2D eigenvalue weighted by Crippen LogP contribution is -2.21. The van der Waals surface area contributed by atoms with Crippen molar-refractivity contribution in [2.75, 3.05) is 6.61 Å². The summed E-state index contributed by atoms with van der Waals surface area (Å²) in [4.78, 5) is 15.8. The molecular formula is C28H30N2O5S. The highest BCUT2D eigenvalue weighted by atomic mass is 32.2. The van der Waals surface area contributed by atoms with Crippen LogP contribution in [-0.4, -0.2) is 28.2 Å². The highest BCUT2D eigenvalue weighted by molar-refractivity contribution is 7.98. The molecule has 2 N–H and O–H groups in total. The first-order valence-electron chi connectivity index (χ1n) is 12.2. The zero-order valence-electron chi connectivity index (χ0n) is 20.4. The van der Waals surface area contributed by atoms with Crippen LogP contribution >= 0.6 is 11.9 Å². The van der Waals surface area contributed by atoms with Gasteiger partial charge in [0.2, 0.25) is 11.8 Å². The van der Waals surface area contributed by atoms with Crippen molar-refractivity contribution in [1.29, 1.82) is 0 Å². The van der Waals surface area contributed by atoms with Crippen LogP contribution in [0.3, 0.4) is 0 Å². The van der Waals surface area contributed by atoms with Crippen molar-refractivity contribution in [3.05, 3.63) is 77.5 Å². The molecule has 2 atom stereocenters. The topological polar surface area (TPSA) is 89.9 Å². The third kappa shape index (κ3) is 5.94. The fourth-order valence-corrected chi connectivity index (χ4v) is 5.23. The van der Waals surface area contributed by atoms with E-state index in [1.54, 1.807) is 26.1 Å². The van der Waals surface area contributed by atoms with Crippen LogP contribution in [0.15, 0.2) is 60.8 Å². The summed E-state index contributed by atoms with van der Waals surface area (Å²) in [6.45, 7) is 3.90. The van der Waals surface area contributed by atoms with Crippen LogP contribution in [0.4, 0.5) is 0 Å². The maximum atomic E-state index is 11.5. The largest absolute Gasteiger partial charge is 0.486 e. The summed E-state index contributed by atoms with van der Waals surface area (Å²) in [5.74, 6) is 2.83. The summed E-state index contributed by atoms with van der Waals surface area (Å²) in [6.07, 6.45) is 4.39. The van der Waals surface area contributed by atoms with E-state index in [9.17, 15) is 9.90 Å². The Morgan fingerprint density at radius 3 is 2.61 bits per heavy atom. The van der Waals surface area contributed by atoms with E-state index >= 15 is 0 Å². The van der Waals surface area contributed by atoms with Gasteiger partial charge in [-0.05, 0) is 74.0 Å². The quantitative estimate of drug-likeness (QED) is 0.360. The highest BCUT2D eigenvalue weighted by Crippen LogP contribution is 2.41. The molecule has 1 aromatic heterocycles. The average molecular weight is 507 g/mol. The Balaban J connectivity index is 1.21. The van der Waals surface area contributed by atoms with Crippen molar-refractivity contribution >= 4 is 17.9 Å². The zero-order valence-corrected chi connectivity index (χ0v) is 21.2. The maximum Gasteiger partial charge on any atom is 0.231 e. The third-order valence-electron chi connectivity index (χ3n) is 6.29. The van der Waals surface area contributed by atoms with Gasteiger partial charge in [-0.15, -0.1) is 0 Å². The average Bonchev–Trinajstić information content (AvgIpc) is 3.47. The smallest absolute Gasteiger partial charge is 0.231 e. The number of benzene rings is 2. The van der Waals surface area contributed by atoms with Gasteiger partial charge in [0.1, 0.15) is 23.4 Å². The Labute approximate surface area is 215 Å². The summed E-state index contributed by atoms with van der Waals surface area (Å²) >= 11 is 1.47. The van der Waals surface area contributed by atoms with Gasteiger partial charge in [0.15, 0.2) is 0 Å². The van der Waals surface area contributed by atoms with E-state index < -0.39 is 5.60 Å². The number of carbonyl (C=O) groups is 1. The summed E-state index contributed by atoms with van der Waals surface area (Å²) in [6, 6.07) is 17.7. The number of carbonyl (C=O) groups excluding carboxylic acids is 1. The molecule has 36 heavy (non-hydrogen) atoms. The molecular weight excluding hydrogens is 476 g/mol. The van der Waals surface area contributed by atoms with E-state index in [1.165, 1.54) is 11.9 Å². The van der Waals surface area contributed by atoms with E-state index in [-0.39, 0.29) is 17.3 Å². The van der Waals surface area contributed by atoms with Crippen molar-refractivity contribution in [2.24, 2.45) is 0 Å². The molecule has 1 fully saturated rings. The number of nitrogens with zero attached hydrogens (tertiary/aromatic N) is 1. The molecule has 1 amide bonds. The van der Waals surface area contributed by atoms with Crippen molar-refractivity contribution in [3.63, 3.8) is 0 Å². The van der Waals surface area contributed by atoms with Crippen LogP contribution < -0.4 is 18.9 Å². The second-order valence-electron chi connectivity index (χ2n) is 9.72. The van der Waals surface area contributed by atoms with Crippen molar-refractivity contribution in [2.45, 2.75) is 56.5 Å². The van der Waals surface area contributed by atoms with Crippen LogP contribution in [0.5, 0.6) is 23.1 Å². The van der Waals surface area contributed by atoms with E-state index in [1.807, 2.05) is 42.5 Å². The standard InChI is InChI=1S/C28H30N2O5S/c1-28(2,32)14-15-33-27-13-10-20(17-29-27)35-23-5-3-4-21-22(23)11-12-24(21)34-19-8-6-18(7-9-19)25-16-26(31)30-36-25/h3-10,13,17,24-25,32H,11-12,14-16H2,1-2H3,(H,30,31)/t24-,25?/m1/s1. The number of aromatic nitrogens is 1. The second kappa shape index (κ2) is 10.4. The van der Waals surface area contributed by atoms with Gasteiger partial charge in [-0.1, -0.05) is 24.3 Å². The van der Waals surface area contributed by atoms with E-state index in [0.717, 1.165) is 41.0 Å². The predicted molar refractivity (Wildman–Crippen MR) is 138 cm³/mol. The first-order chi connectivity index (χ1) is 17.3. The van der Waals surface area contributed by atoms with E-state index in [2.05, 4.69) is 15.8 Å². The van der Waals surface area contributed by atoms with Crippen LogP contribution in [0, 0.1) is 0 Å². The van der Waals surface area contributed by atoms with Gasteiger partial charge in [0, 0.05) is 24.5 Å². The molecule has 188 valence electrons. The summed E-state index contributed by atoms with van der Waals surface area (Å²) < 4.78 is 20.9. The van der Waals surface area contributed by atoms with Crippen LogP contribution in [0.1, 0.15) is 61.2 Å². The Morgan fingerprint density at radius 1 is 1.11 bits per heavy atom. The SMILES string of the molecule is CC(C)(O)CCOc1ccc(Oc2cccc3c2CC[C@H]3Oc2ccc(C3CC(=O)NS3)cc2)cn1. The van der Waals surface area contributed by atoms with Gasteiger partial charge >= 0.3 is 0 Å². The number of nitrogens with one attached hydrogen (secondary N) is 1. The minimum Gasteiger partial charge on any atom is -0.486 e. The van der Waals surface area contributed by atoms with Crippen molar-refractivity contribution < 1.29 is 24.1 Å². The predicted octanol–water partition coefficient (Wildman–Crippen LogP) is 5.69. The molecule has 7 nitrogen and oxygen atoms in total. The number of fused-ring (bicyclic) bond motifs is 1. The maximum absolute atomic E-state index is 11.5. The summed E-state index contributed by atoms with van der Waals surface area (Å²) in [5, 5.41) is 9.95. The number of aliphatic hydroxyl groups is 1. The fourth-order valence-electron chi connectivity index (χ4n) is 4.35. The number of hydrogen-bond donors (Lipinski definition) is 2. The van der Waals surface area contributed by atoms with Gasteiger partial charge < -0.3 is 19.3 Å². The van der Waals surface area contributed by atoms with Crippen molar-refractivity contribution in [3.8, 4) is 23.1 Å². The molecule has 8 heteroatoms. The number of rotatable bonds is 9. The number of pyridine rings is 1. The molecule has 2 aliphatic rings. The lowest BCUT2D eigenvalue weighted by molar-refractivity contribution is -0.118. The molecule has 5 rings (SSSR count). The second-order valence-corrected chi connectivity index (χ2v) is 10.7. The number of amides is 1. The van der Waals surface area contributed by atoms with E-state index in [4.69, 9.17) is 14.2 Å². The molecule has 1 unspecified atom stereocenters.